The molecule has 0 spiro atoms. The molecule has 5 atom stereocenters. The highest BCUT2D eigenvalue weighted by atomic mass is 16.5. The van der Waals surface area contributed by atoms with E-state index in [1.54, 1.807) is 12.1 Å². The van der Waals surface area contributed by atoms with Gasteiger partial charge in [-0.2, -0.15) is 0 Å². The molecule has 0 bridgehead atoms. The lowest BCUT2D eigenvalue weighted by Gasteiger charge is -2.50. The summed E-state index contributed by atoms with van der Waals surface area (Å²) < 4.78 is 5.89. The van der Waals surface area contributed by atoms with E-state index in [-0.39, 0.29) is 23.2 Å². The first-order valence-corrected chi connectivity index (χ1v) is 11.2. The van der Waals surface area contributed by atoms with Gasteiger partial charge in [0, 0.05) is 11.6 Å². The molecule has 2 aromatic carbocycles. The fourth-order valence-corrected chi connectivity index (χ4v) is 6.65. The minimum atomic E-state index is -0.384. The minimum Gasteiger partial charge on any atom is -0.508 e. The van der Waals surface area contributed by atoms with Crippen molar-refractivity contribution in [2.24, 2.45) is 17.3 Å². The van der Waals surface area contributed by atoms with Crippen molar-refractivity contribution in [1.29, 1.82) is 0 Å². The first-order valence-electron chi connectivity index (χ1n) is 11.2. The number of aromatic hydroxyl groups is 1. The lowest BCUT2D eigenvalue weighted by molar-refractivity contribution is -0.0229. The Balaban J connectivity index is 1.50. The van der Waals surface area contributed by atoms with Crippen LogP contribution in [0.15, 0.2) is 36.4 Å². The molecule has 0 aliphatic heterocycles. The van der Waals surface area contributed by atoms with E-state index in [2.05, 4.69) is 6.92 Å². The smallest absolute Gasteiger partial charge is 0.343 e. The molecule has 0 unspecified atom stereocenters. The van der Waals surface area contributed by atoms with E-state index in [9.17, 15) is 15.0 Å². The Labute approximate surface area is 177 Å². The molecule has 2 saturated carbocycles. The standard InChI is InChI=1S/C26H30O4/c1-15-4-3-5-17(12-15)25(29)30-22-14-18(27)13-16-6-7-19-20(24(16)22)10-11-26(2)21(19)8-9-23(26)28/h3-5,12-14,19-21,23,27-28H,6-11H2,1-2H3/t19-,20+,21+,23-,26+/m1/s1. The quantitative estimate of drug-likeness (QED) is 0.535. The monoisotopic (exact) mass is 406 g/mol. The van der Waals surface area contributed by atoms with Crippen molar-refractivity contribution >= 4 is 5.97 Å². The minimum absolute atomic E-state index is 0.00793. The van der Waals surface area contributed by atoms with Gasteiger partial charge < -0.3 is 14.9 Å². The summed E-state index contributed by atoms with van der Waals surface area (Å²) in [6, 6.07) is 10.8. The molecular formula is C26H30O4. The lowest BCUT2D eigenvalue weighted by atomic mass is 9.55. The number of phenols is 1. The molecule has 2 aromatic rings. The van der Waals surface area contributed by atoms with E-state index in [0.29, 0.717) is 29.1 Å². The van der Waals surface area contributed by atoms with Gasteiger partial charge in [0.2, 0.25) is 0 Å². The van der Waals surface area contributed by atoms with Crippen LogP contribution in [0, 0.1) is 24.2 Å². The summed E-state index contributed by atoms with van der Waals surface area (Å²) >= 11 is 0. The first-order chi connectivity index (χ1) is 14.4. The average molecular weight is 407 g/mol. The SMILES string of the molecule is Cc1cccc(C(=O)Oc2cc(O)cc3c2[C@H]2CC[C@]4(C)[C@H](O)CC[C@H]4[C@@H]2CC3)c1. The molecule has 4 nitrogen and oxygen atoms in total. The molecule has 4 heteroatoms. The largest absolute Gasteiger partial charge is 0.508 e. The number of aryl methyl sites for hydroxylation is 2. The van der Waals surface area contributed by atoms with Crippen molar-refractivity contribution in [1.82, 2.24) is 0 Å². The van der Waals surface area contributed by atoms with Gasteiger partial charge in [-0.25, -0.2) is 4.79 Å². The zero-order chi connectivity index (χ0) is 21.0. The lowest BCUT2D eigenvalue weighted by Crippen LogP contribution is -2.44. The fourth-order valence-electron chi connectivity index (χ4n) is 6.65. The van der Waals surface area contributed by atoms with E-state index in [1.165, 1.54) is 0 Å². The van der Waals surface area contributed by atoms with Gasteiger partial charge >= 0.3 is 5.97 Å². The van der Waals surface area contributed by atoms with Gasteiger partial charge in [-0.15, -0.1) is 0 Å². The van der Waals surface area contributed by atoms with Crippen LogP contribution in [0.1, 0.15) is 72.0 Å². The van der Waals surface area contributed by atoms with Crippen LogP contribution in [-0.2, 0) is 6.42 Å². The van der Waals surface area contributed by atoms with Crippen LogP contribution in [0.5, 0.6) is 11.5 Å². The van der Waals surface area contributed by atoms with Gasteiger partial charge in [-0.1, -0.05) is 24.6 Å². The maximum Gasteiger partial charge on any atom is 0.343 e. The van der Waals surface area contributed by atoms with Gasteiger partial charge in [0.05, 0.1) is 11.7 Å². The third-order valence-corrected chi connectivity index (χ3v) is 8.17. The molecule has 0 heterocycles. The number of carbonyl (C=O) groups is 1. The van der Waals surface area contributed by atoms with E-state index in [0.717, 1.165) is 55.2 Å². The highest BCUT2D eigenvalue weighted by Gasteiger charge is 2.54. The number of aliphatic hydroxyl groups excluding tert-OH is 1. The van der Waals surface area contributed by atoms with Crippen LogP contribution in [0.2, 0.25) is 0 Å². The van der Waals surface area contributed by atoms with Gasteiger partial charge in [0.1, 0.15) is 11.5 Å². The normalized spacial score (nSPS) is 32.1. The maximum atomic E-state index is 12.9. The van der Waals surface area contributed by atoms with E-state index in [4.69, 9.17) is 4.74 Å². The molecule has 3 aliphatic rings. The number of ether oxygens (including phenoxy) is 1. The highest BCUT2D eigenvalue weighted by molar-refractivity contribution is 5.91. The summed E-state index contributed by atoms with van der Waals surface area (Å²) in [6.07, 6.45) is 5.69. The molecule has 0 radical (unpaired) electrons. The second-order valence-electron chi connectivity index (χ2n) is 9.83. The third kappa shape index (κ3) is 3.04. The number of hydrogen-bond acceptors (Lipinski definition) is 4. The van der Waals surface area contributed by atoms with E-state index < -0.39 is 0 Å². The second kappa shape index (κ2) is 7.12. The van der Waals surface area contributed by atoms with Crippen molar-refractivity contribution < 1.29 is 19.7 Å². The Kier molecular flexibility index (Phi) is 4.66. The molecule has 3 aliphatic carbocycles. The van der Waals surface area contributed by atoms with Crippen molar-refractivity contribution in [3.8, 4) is 11.5 Å². The number of hydrogen-bond donors (Lipinski definition) is 2. The topological polar surface area (TPSA) is 66.8 Å². The second-order valence-corrected chi connectivity index (χ2v) is 9.83. The van der Waals surface area contributed by atoms with Gasteiger partial charge in [0.25, 0.3) is 0 Å². The fraction of sp³-hybridized carbons (Fsp3) is 0.500. The van der Waals surface area contributed by atoms with Crippen LogP contribution in [0.3, 0.4) is 0 Å². The zero-order valence-corrected chi connectivity index (χ0v) is 17.7. The highest BCUT2D eigenvalue weighted by Crippen LogP contribution is 2.62. The zero-order valence-electron chi connectivity index (χ0n) is 17.7. The summed E-state index contributed by atoms with van der Waals surface area (Å²) in [7, 11) is 0. The van der Waals surface area contributed by atoms with Crippen LogP contribution in [-0.4, -0.2) is 22.3 Å². The maximum absolute atomic E-state index is 12.9. The predicted octanol–water partition coefficient (Wildman–Crippen LogP) is 5.14. The van der Waals surface area contributed by atoms with Crippen molar-refractivity contribution in [3.05, 3.63) is 58.7 Å². The number of fused-ring (bicyclic) bond motifs is 5. The van der Waals surface area contributed by atoms with E-state index in [1.807, 2.05) is 31.2 Å². The van der Waals surface area contributed by atoms with Crippen molar-refractivity contribution in [2.75, 3.05) is 0 Å². The van der Waals surface area contributed by atoms with Gasteiger partial charge in [-0.05, 0) is 92.4 Å². The summed E-state index contributed by atoms with van der Waals surface area (Å²) in [6.45, 7) is 4.21. The van der Waals surface area contributed by atoms with Gasteiger partial charge in [-0.3, -0.25) is 0 Å². The van der Waals surface area contributed by atoms with Crippen LogP contribution in [0.4, 0.5) is 0 Å². The molecule has 5 rings (SSSR count). The number of phenolic OH excluding ortho intramolecular Hbond substituents is 1. The molecular weight excluding hydrogens is 376 g/mol. The number of carbonyl (C=O) groups excluding carboxylic acids is 1. The number of rotatable bonds is 2. The Morgan fingerprint density at radius 2 is 1.97 bits per heavy atom. The number of aliphatic hydroxyl groups is 1. The molecule has 30 heavy (non-hydrogen) atoms. The average Bonchev–Trinajstić information content (AvgIpc) is 3.02. The van der Waals surface area contributed by atoms with Crippen molar-refractivity contribution in [2.45, 2.75) is 64.4 Å². The van der Waals surface area contributed by atoms with Crippen molar-refractivity contribution in [3.63, 3.8) is 0 Å². The number of benzene rings is 2. The molecule has 0 amide bonds. The Hall–Kier alpha value is -2.33. The summed E-state index contributed by atoms with van der Waals surface area (Å²) in [5, 5.41) is 20.9. The summed E-state index contributed by atoms with van der Waals surface area (Å²) in [4.78, 5) is 12.9. The van der Waals surface area contributed by atoms with Crippen LogP contribution in [0.25, 0.3) is 0 Å². The Morgan fingerprint density at radius 3 is 2.77 bits per heavy atom. The summed E-state index contributed by atoms with van der Waals surface area (Å²) in [5.74, 6) is 1.59. The molecule has 0 saturated heterocycles. The Bertz CT molecular complexity index is 997. The van der Waals surface area contributed by atoms with Crippen LogP contribution >= 0.6 is 0 Å². The predicted molar refractivity (Wildman–Crippen MR) is 115 cm³/mol. The third-order valence-electron chi connectivity index (χ3n) is 8.17. The van der Waals surface area contributed by atoms with Crippen LogP contribution < -0.4 is 4.74 Å². The number of esters is 1. The van der Waals surface area contributed by atoms with Gasteiger partial charge in [0.15, 0.2) is 0 Å². The summed E-state index contributed by atoms with van der Waals surface area (Å²) in [5.41, 5.74) is 3.75. The molecule has 2 N–H and O–H groups in total. The molecule has 2 fully saturated rings. The first kappa shape index (κ1) is 19.6. The van der Waals surface area contributed by atoms with E-state index >= 15 is 0 Å². The Morgan fingerprint density at radius 1 is 1.13 bits per heavy atom. The molecule has 0 aromatic heterocycles. The molecule has 158 valence electrons.